The molecule has 0 bridgehead atoms. The zero-order valence-electron chi connectivity index (χ0n) is 17.1. The molecule has 1 aliphatic rings. The number of nitrogens with zero attached hydrogens (tertiary/aromatic N) is 1. The summed E-state index contributed by atoms with van der Waals surface area (Å²) in [6.45, 7) is 2.80. The molecule has 0 radical (unpaired) electrons. The van der Waals surface area contributed by atoms with Gasteiger partial charge in [-0.05, 0) is 31.0 Å². The molecular weight excluding hydrogens is 414 g/mol. The Bertz CT molecular complexity index is 1130. The highest BCUT2D eigenvalue weighted by molar-refractivity contribution is 7.98. The van der Waals surface area contributed by atoms with Crippen LogP contribution in [0.2, 0.25) is 0 Å². The van der Waals surface area contributed by atoms with Crippen LogP contribution in [0.3, 0.4) is 0 Å². The number of hydrogen-bond acceptors (Lipinski definition) is 6. The average Bonchev–Trinajstić information content (AvgIpc) is 2.78. The summed E-state index contributed by atoms with van der Waals surface area (Å²) in [6.07, 6.45) is 0.491. The van der Waals surface area contributed by atoms with E-state index in [0.717, 1.165) is 11.3 Å². The molecule has 4 rings (SSSR count). The van der Waals surface area contributed by atoms with E-state index < -0.39 is 0 Å². The number of aryl methyl sites for hydroxylation is 1. The predicted molar refractivity (Wildman–Crippen MR) is 120 cm³/mol. The van der Waals surface area contributed by atoms with Gasteiger partial charge in [0.25, 0.3) is 5.56 Å². The Kier molecular flexibility index (Phi) is 6.57. The second-order valence-corrected chi connectivity index (χ2v) is 8.08. The number of carbonyl (C=O) groups is 1. The van der Waals surface area contributed by atoms with Crippen molar-refractivity contribution in [2.45, 2.75) is 30.7 Å². The van der Waals surface area contributed by atoms with Crippen molar-refractivity contribution in [1.82, 2.24) is 9.97 Å². The summed E-state index contributed by atoms with van der Waals surface area (Å²) in [4.78, 5) is 32.2. The molecule has 0 atom stereocenters. The van der Waals surface area contributed by atoms with Crippen LogP contribution in [0.25, 0.3) is 0 Å². The molecule has 2 N–H and O–H groups in total. The molecule has 1 aromatic heterocycles. The lowest BCUT2D eigenvalue weighted by molar-refractivity contribution is -0.116. The quantitative estimate of drug-likeness (QED) is 0.432. The molecule has 0 saturated carbocycles. The lowest BCUT2D eigenvalue weighted by Crippen LogP contribution is -2.20. The van der Waals surface area contributed by atoms with Gasteiger partial charge in [0.15, 0.2) is 16.7 Å². The first-order valence-corrected chi connectivity index (χ1v) is 11.0. The molecule has 1 amide bonds. The van der Waals surface area contributed by atoms with Crippen molar-refractivity contribution >= 4 is 23.4 Å². The third-order valence-corrected chi connectivity index (χ3v) is 5.79. The minimum atomic E-state index is -0.199. The number of nitrogens with one attached hydrogen (secondary N) is 2. The minimum absolute atomic E-state index is 0.177. The molecular formula is C23H23N3O4S. The highest BCUT2D eigenvalue weighted by Crippen LogP contribution is 2.32. The van der Waals surface area contributed by atoms with Crippen LogP contribution < -0.4 is 20.3 Å². The lowest BCUT2D eigenvalue weighted by Gasteiger charge is -2.19. The third-order valence-electron chi connectivity index (χ3n) is 4.85. The van der Waals surface area contributed by atoms with Gasteiger partial charge in [0, 0.05) is 35.2 Å². The van der Waals surface area contributed by atoms with Crippen LogP contribution in [-0.2, 0) is 17.0 Å². The van der Waals surface area contributed by atoms with E-state index in [1.165, 1.54) is 11.8 Å². The Balaban J connectivity index is 1.34. The van der Waals surface area contributed by atoms with Crippen molar-refractivity contribution in [3.05, 3.63) is 75.7 Å². The Labute approximate surface area is 184 Å². The molecule has 0 fully saturated rings. The Morgan fingerprint density at radius 3 is 2.68 bits per heavy atom. The Hall–Kier alpha value is -3.26. The van der Waals surface area contributed by atoms with Gasteiger partial charge in [-0.3, -0.25) is 9.59 Å². The van der Waals surface area contributed by atoms with Crippen LogP contribution in [0.1, 0.15) is 23.2 Å². The molecule has 3 aromatic rings. The third kappa shape index (κ3) is 5.46. The van der Waals surface area contributed by atoms with Crippen LogP contribution in [0, 0.1) is 6.92 Å². The lowest BCUT2D eigenvalue weighted by atomic mass is 10.1. The normalized spacial score (nSPS) is 12.4. The fraction of sp³-hybridized carbons (Fsp3) is 0.261. The number of H-pyrrole nitrogens is 1. The van der Waals surface area contributed by atoms with Crippen molar-refractivity contribution in [2.75, 3.05) is 18.5 Å². The van der Waals surface area contributed by atoms with Crippen molar-refractivity contribution in [3.8, 4) is 11.5 Å². The molecule has 31 heavy (non-hydrogen) atoms. The number of fused-ring (bicyclic) bond motifs is 1. The van der Waals surface area contributed by atoms with Crippen molar-refractivity contribution in [2.24, 2.45) is 0 Å². The Morgan fingerprint density at radius 1 is 1.13 bits per heavy atom. The summed E-state index contributed by atoms with van der Waals surface area (Å²) < 4.78 is 11.0. The van der Waals surface area contributed by atoms with Gasteiger partial charge < -0.3 is 19.8 Å². The van der Waals surface area contributed by atoms with Crippen LogP contribution in [0.15, 0.2) is 58.5 Å². The van der Waals surface area contributed by atoms with Crippen molar-refractivity contribution in [1.29, 1.82) is 0 Å². The Morgan fingerprint density at radius 2 is 1.90 bits per heavy atom. The molecule has 2 aromatic carbocycles. The van der Waals surface area contributed by atoms with E-state index in [9.17, 15) is 9.59 Å². The first kappa shape index (κ1) is 21.0. The first-order chi connectivity index (χ1) is 15.1. The van der Waals surface area contributed by atoms with E-state index in [2.05, 4.69) is 15.3 Å². The molecule has 0 aliphatic carbocycles. The zero-order chi connectivity index (χ0) is 21.6. The standard InChI is InChI=1S/C23H23N3O4S/c1-15-18(22(28)26-23(24-15)31-14-16-5-3-2-4-6-16)8-10-21(27)25-17-7-9-19-20(13-17)30-12-11-29-19/h2-7,9,13H,8,10-12,14H2,1H3,(H,25,27)(H,24,26,28). The van der Waals surface area contributed by atoms with Gasteiger partial charge in [0.05, 0.1) is 0 Å². The summed E-state index contributed by atoms with van der Waals surface area (Å²) in [5.74, 6) is 1.82. The zero-order valence-corrected chi connectivity index (χ0v) is 18.0. The van der Waals surface area contributed by atoms with E-state index in [0.29, 0.717) is 53.2 Å². The molecule has 7 nitrogen and oxygen atoms in total. The van der Waals surface area contributed by atoms with Crippen molar-refractivity contribution in [3.63, 3.8) is 0 Å². The molecule has 2 heterocycles. The molecule has 160 valence electrons. The maximum atomic E-state index is 12.5. The number of rotatable bonds is 7. The minimum Gasteiger partial charge on any atom is -0.486 e. The summed E-state index contributed by atoms with van der Waals surface area (Å²) >= 11 is 1.48. The number of aromatic amines is 1. The highest BCUT2D eigenvalue weighted by Gasteiger charge is 2.14. The number of carbonyl (C=O) groups excluding carboxylic acids is 1. The van der Waals surface area contributed by atoms with Crippen LogP contribution in [-0.4, -0.2) is 29.1 Å². The monoisotopic (exact) mass is 437 g/mol. The molecule has 0 unspecified atom stereocenters. The van der Waals surface area contributed by atoms with Gasteiger partial charge in [0.2, 0.25) is 5.91 Å². The van der Waals surface area contributed by atoms with Gasteiger partial charge in [-0.25, -0.2) is 4.98 Å². The van der Waals surface area contributed by atoms with E-state index in [1.54, 1.807) is 25.1 Å². The SMILES string of the molecule is Cc1nc(SCc2ccccc2)[nH]c(=O)c1CCC(=O)Nc1ccc2c(c1)OCCO2. The van der Waals surface area contributed by atoms with Crippen LogP contribution >= 0.6 is 11.8 Å². The maximum absolute atomic E-state index is 12.5. The van der Waals surface area contributed by atoms with Gasteiger partial charge in [-0.1, -0.05) is 42.1 Å². The number of thioether (sulfide) groups is 1. The van der Waals surface area contributed by atoms with Gasteiger partial charge in [-0.15, -0.1) is 0 Å². The summed E-state index contributed by atoms with van der Waals surface area (Å²) in [5.41, 5.74) is 2.77. The van der Waals surface area contributed by atoms with Gasteiger partial charge in [0.1, 0.15) is 13.2 Å². The molecule has 8 heteroatoms. The summed E-state index contributed by atoms with van der Waals surface area (Å²) in [6, 6.07) is 15.3. The molecule has 0 spiro atoms. The maximum Gasteiger partial charge on any atom is 0.254 e. The summed E-state index contributed by atoms with van der Waals surface area (Å²) in [7, 11) is 0. The van der Waals surface area contributed by atoms with Gasteiger partial charge >= 0.3 is 0 Å². The predicted octanol–water partition coefficient (Wildman–Crippen LogP) is 3.71. The summed E-state index contributed by atoms with van der Waals surface area (Å²) in [5, 5.41) is 3.42. The number of hydrogen-bond donors (Lipinski definition) is 2. The first-order valence-electron chi connectivity index (χ1n) is 10.0. The number of anilines is 1. The van der Waals surface area contributed by atoms with E-state index in [4.69, 9.17) is 9.47 Å². The molecule has 0 saturated heterocycles. The largest absolute Gasteiger partial charge is 0.486 e. The van der Waals surface area contributed by atoms with Crippen molar-refractivity contribution < 1.29 is 14.3 Å². The average molecular weight is 438 g/mol. The molecule has 1 aliphatic heterocycles. The van der Waals surface area contributed by atoms with E-state index in [-0.39, 0.29) is 17.9 Å². The highest BCUT2D eigenvalue weighted by atomic mass is 32.2. The number of ether oxygens (including phenoxy) is 2. The second-order valence-electron chi connectivity index (χ2n) is 7.12. The van der Waals surface area contributed by atoms with Crippen LogP contribution in [0.5, 0.6) is 11.5 Å². The fourth-order valence-electron chi connectivity index (χ4n) is 3.26. The van der Waals surface area contributed by atoms with Crippen LogP contribution in [0.4, 0.5) is 5.69 Å². The second kappa shape index (κ2) is 9.70. The van der Waals surface area contributed by atoms with E-state index in [1.807, 2.05) is 30.3 Å². The topological polar surface area (TPSA) is 93.3 Å². The fourth-order valence-corrected chi connectivity index (χ4v) is 4.12. The van der Waals surface area contributed by atoms with E-state index >= 15 is 0 Å². The smallest absolute Gasteiger partial charge is 0.254 e. The number of benzene rings is 2. The van der Waals surface area contributed by atoms with Gasteiger partial charge in [-0.2, -0.15) is 0 Å². The number of aromatic nitrogens is 2. The number of amides is 1.